The predicted octanol–water partition coefficient (Wildman–Crippen LogP) is 3.21. The van der Waals surface area contributed by atoms with Crippen LogP contribution in [0.2, 0.25) is 0 Å². The molecular formula is C13H16F2O2. The first kappa shape index (κ1) is 13.8. The maximum atomic E-state index is 13.2. The summed E-state index contributed by atoms with van der Waals surface area (Å²) in [6.07, 6.45) is -0.557. The Morgan fingerprint density at radius 2 is 1.94 bits per heavy atom. The highest BCUT2D eigenvalue weighted by Crippen LogP contribution is 2.21. The summed E-state index contributed by atoms with van der Waals surface area (Å²) in [5.41, 5.74) is 0.856. The van der Waals surface area contributed by atoms with Crippen LogP contribution in [0.3, 0.4) is 0 Å². The molecule has 1 aromatic rings. The van der Waals surface area contributed by atoms with Gasteiger partial charge in [0.15, 0.2) is 0 Å². The third kappa shape index (κ3) is 6.12. The molecule has 1 rings (SSSR count). The summed E-state index contributed by atoms with van der Waals surface area (Å²) < 4.78 is 31.4. The van der Waals surface area contributed by atoms with Crippen molar-refractivity contribution in [3.8, 4) is 0 Å². The smallest absolute Gasteiger partial charge is 0.271 e. The number of ketones is 1. The number of carbonyl (C=O) groups excluding carboxylic acids is 1. The van der Waals surface area contributed by atoms with Crippen molar-refractivity contribution in [2.75, 3.05) is 6.61 Å². The molecule has 0 aromatic heterocycles. The molecule has 0 radical (unpaired) electrons. The number of hydrogen-bond acceptors (Lipinski definition) is 2. The number of ether oxygens (including phenoxy) is 1. The number of rotatable bonds is 7. The number of halogens is 2. The summed E-state index contributed by atoms with van der Waals surface area (Å²) >= 11 is 0. The Balaban J connectivity index is 2.27. The Hall–Kier alpha value is -1.29. The molecule has 0 amide bonds. The molecule has 0 saturated heterocycles. The molecule has 0 aliphatic rings. The average Bonchev–Trinajstić information content (AvgIpc) is 2.28. The van der Waals surface area contributed by atoms with Gasteiger partial charge in [-0.2, -0.15) is 0 Å². The van der Waals surface area contributed by atoms with E-state index in [1.807, 2.05) is 30.3 Å². The molecule has 0 unspecified atom stereocenters. The molecule has 1 aromatic carbocycles. The van der Waals surface area contributed by atoms with Gasteiger partial charge in [-0.25, -0.2) is 8.78 Å². The third-order valence-corrected chi connectivity index (χ3v) is 2.27. The van der Waals surface area contributed by atoms with Crippen molar-refractivity contribution in [3.05, 3.63) is 35.9 Å². The van der Waals surface area contributed by atoms with Crippen molar-refractivity contribution in [2.45, 2.75) is 32.3 Å². The Labute approximate surface area is 99.6 Å². The van der Waals surface area contributed by atoms with Gasteiger partial charge in [-0.1, -0.05) is 30.3 Å². The number of Topliss-reactive ketones (excluding diaryl/α,β-unsaturated/α-hetero) is 1. The third-order valence-electron chi connectivity index (χ3n) is 2.27. The maximum Gasteiger partial charge on any atom is 0.271 e. The zero-order valence-electron chi connectivity index (χ0n) is 9.79. The van der Waals surface area contributed by atoms with Crippen molar-refractivity contribution in [2.24, 2.45) is 0 Å². The van der Waals surface area contributed by atoms with Crippen molar-refractivity contribution in [1.82, 2.24) is 0 Å². The average molecular weight is 242 g/mol. The van der Waals surface area contributed by atoms with Crippen molar-refractivity contribution in [3.63, 3.8) is 0 Å². The monoisotopic (exact) mass is 242 g/mol. The fourth-order valence-corrected chi connectivity index (χ4v) is 1.32. The van der Waals surface area contributed by atoms with Crippen LogP contribution in [0.4, 0.5) is 8.78 Å². The Morgan fingerprint density at radius 1 is 1.29 bits per heavy atom. The Morgan fingerprint density at radius 3 is 2.53 bits per heavy atom. The summed E-state index contributed by atoms with van der Waals surface area (Å²) in [5.74, 6) is -3.16. The molecule has 0 fully saturated rings. The molecule has 0 saturated carbocycles. The molecule has 94 valence electrons. The lowest BCUT2D eigenvalue weighted by atomic mass is 10.1. The van der Waals surface area contributed by atoms with Crippen LogP contribution in [-0.2, 0) is 16.1 Å². The quantitative estimate of drug-likeness (QED) is 0.734. The van der Waals surface area contributed by atoms with E-state index in [0.717, 1.165) is 5.56 Å². The lowest BCUT2D eigenvalue weighted by Crippen LogP contribution is -2.24. The van der Waals surface area contributed by atoms with Crippen LogP contribution < -0.4 is 0 Å². The van der Waals surface area contributed by atoms with Gasteiger partial charge in [0.1, 0.15) is 12.4 Å². The van der Waals surface area contributed by atoms with E-state index in [0.29, 0.717) is 0 Å². The van der Waals surface area contributed by atoms with Gasteiger partial charge in [0.05, 0.1) is 6.61 Å². The topological polar surface area (TPSA) is 26.3 Å². The molecular weight excluding hydrogens is 226 g/mol. The number of carbonyl (C=O) groups is 1. The van der Waals surface area contributed by atoms with E-state index < -0.39 is 19.0 Å². The second-order valence-corrected chi connectivity index (χ2v) is 4.04. The minimum Gasteiger partial charge on any atom is -0.371 e. The van der Waals surface area contributed by atoms with Crippen LogP contribution in [0, 0.1) is 0 Å². The molecule has 0 spiro atoms. The highest BCUT2D eigenvalue weighted by atomic mass is 19.3. The van der Waals surface area contributed by atoms with Crippen LogP contribution >= 0.6 is 0 Å². The number of hydrogen-bond donors (Lipinski definition) is 0. The Kier molecular flexibility index (Phi) is 5.22. The summed E-state index contributed by atoms with van der Waals surface area (Å²) in [7, 11) is 0. The van der Waals surface area contributed by atoms with Crippen LogP contribution in [0.25, 0.3) is 0 Å². The predicted molar refractivity (Wildman–Crippen MR) is 61.0 cm³/mol. The molecule has 17 heavy (non-hydrogen) atoms. The fraction of sp³-hybridized carbons (Fsp3) is 0.462. The van der Waals surface area contributed by atoms with Crippen LogP contribution in [-0.4, -0.2) is 18.3 Å². The largest absolute Gasteiger partial charge is 0.371 e. The minimum absolute atomic E-state index is 0.109. The zero-order valence-corrected chi connectivity index (χ0v) is 9.79. The zero-order chi connectivity index (χ0) is 12.7. The molecule has 0 atom stereocenters. The van der Waals surface area contributed by atoms with E-state index in [4.69, 9.17) is 4.74 Å². The SMILES string of the molecule is CC(=O)CCC(F)(F)COCc1ccccc1. The number of alkyl halides is 2. The molecule has 0 N–H and O–H groups in total. The first-order chi connectivity index (χ1) is 7.99. The van der Waals surface area contributed by atoms with E-state index in [-0.39, 0.29) is 18.8 Å². The second kappa shape index (κ2) is 6.45. The maximum absolute atomic E-state index is 13.2. The van der Waals surface area contributed by atoms with Gasteiger partial charge >= 0.3 is 0 Å². The van der Waals surface area contributed by atoms with Gasteiger partial charge in [-0.3, -0.25) is 0 Å². The molecule has 0 aliphatic carbocycles. The summed E-state index contributed by atoms with van der Waals surface area (Å²) in [4.78, 5) is 10.6. The van der Waals surface area contributed by atoms with E-state index in [1.54, 1.807) is 0 Å². The van der Waals surface area contributed by atoms with Gasteiger partial charge in [-0.05, 0) is 12.5 Å². The van der Waals surface area contributed by atoms with Gasteiger partial charge in [0.25, 0.3) is 5.92 Å². The first-order valence-electron chi connectivity index (χ1n) is 5.48. The van der Waals surface area contributed by atoms with Gasteiger partial charge in [-0.15, -0.1) is 0 Å². The van der Waals surface area contributed by atoms with Crippen LogP contribution in [0.15, 0.2) is 30.3 Å². The summed E-state index contributed by atoms with van der Waals surface area (Å²) in [6.45, 7) is 0.826. The second-order valence-electron chi connectivity index (χ2n) is 4.04. The van der Waals surface area contributed by atoms with E-state index in [9.17, 15) is 13.6 Å². The van der Waals surface area contributed by atoms with Crippen molar-refractivity contribution < 1.29 is 18.3 Å². The highest BCUT2D eigenvalue weighted by Gasteiger charge is 2.29. The lowest BCUT2D eigenvalue weighted by Gasteiger charge is -2.15. The number of benzene rings is 1. The van der Waals surface area contributed by atoms with Gasteiger partial charge in [0, 0.05) is 12.8 Å². The first-order valence-corrected chi connectivity index (χ1v) is 5.48. The molecule has 2 nitrogen and oxygen atoms in total. The minimum atomic E-state index is -2.93. The Bertz CT molecular complexity index is 350. The normalized spacial score (nSPS) is 11.5. The van der Waals surface area contributed by atoms with Gasteiger partial charge < -0.3 is 9.53 Å². The summed E-state index contributed by atoms with van der Waals surface area (Å²) in [5, 5.41) is 0. The summed E-state index contributed by atoms with van der Waals surface area (Å²) in [6, 6.07) is 9.13. The highest BCUT2D eigenvalue weighted by molar-refractivity contribution is 5.75. The molecule has 0 bridgehead atoms. The molecule has 0 heterocycles. The van der Waals surface area contributed by atoms with Crippen LogP contribution in [0.5, 0.6) is 0 Å². The van der Waals surface area contributed by atoms with Crippen molar-refractivity contribution >= 4 is 5.78 Å². The standard InChI is InChI=1S/C13H16F2O2/c1-11(16)7-8-13(14,15)10-17-9-12-5-3-2-4-6-12/h2-6H,7-10H2,1H3. The van der Waals surface area contributed by atoms with E-state index in [1.165, 1.54) is 6.92 Å². The van der Waals surface area contributed by atoms with Crippen LogP contribution in [0.1, 0.15) is 25.3 Å². The molecule has 0 aliphatic heterocycles. The van der Waals surface area contributed by atoms with E-state index in [2.05, 4.69) is 0 Å². The van der Waals surface area contributed by atoms with Gasteiger partial charge in [0.2, 0.25) is 0 Å². The van der Waals surface area contributed by atoms with Crippen molar-refractivity contribution in [1.29, 1.82) is 0 Å². The van der Waals surface area contributed by atoms with E-state index >= 15 is 0 Å². The molecule has 4 heteroatoms. The fourth-order valence-electron chi connectivity index (χ4n) is 1.32. The lowest BCUT2D eigenvalue weighted by molar-refractivity contribution is -0.122.